The van der Waals surface area contributed by atoms with Crippen molar-refractivity contribution in [1.29, 1.82) is 0 Å². The third kappa shape index (κ3) is 3.43. The molecule has 0 saturated heterocycles. The first kappa shape index (κ1) is 18.0. The smallest absolute Gasteiger partial charge is 0.386 e. The first-order chi connectivity index (χ1) is 12.2. The molecule has 2 N–H and O–H groups in total. The Morgan fingerprint density at radius 1 is 1.19 bits per heavy atom. The molecular weight excluding hydrogens is 361 g/mol. The van der Waals surface area contributed by atoms with Gasteiger partial charge in [-0.15, -0.1) is 5.10 Å². The van der Waals surface area contributed by atoms with Crippen molar-refractivity contribution < 1.29 is 27.1 Å². The van der Waals surface area contributed by atoms with E-state index < -0.39 is 35.3 Å². The van der Waals surface area contributed by atoms with Gasteiger partial charge in [0.15, 0.2) is 0 Å². The van der Waals surface area contributed by atoms with E-state index in [1.54, 1.807) is 0 Å². The predicted octanol–water partition coefficient (Wildman–Crippen LogP) is 2.88. The van der Waals surface area contributed by atoms with Crippen molar-refractivity contribution in [2.75, 3.05) is 11.9 Å². The molecule has 138 valence electrons. The van der Waals surface area contributed by atoms with Crippen LogP contribution in [0.5, 0.6) is 0 Å². The van der Waals surface area contributed by atoms with E-state index in [9.17, 15) is 27.1 Å². The average molecular weight is 373 g/mol. The van der Waals surface area contributed by atoms with Crippen LogP contribution in [-0.2, 0) is 6.18 Å². The number of rotatable bonds is 4. The number of nitrogens with zero attached hydrogens (tertiary/aromatic N) is 4. The Balaban J connectivity index is 1.90. The molecule has 1 atom stereocenters. The monoisotopic (exact) mass is 373 g/mol. The van der Waals surface area contributed by atoms with Crippen molar-refractivity contribution in [2.24, 2.45) is 0 Å². The molecule has 0 aliphatic heterocycles. The van der Waals surface area contributed by atoms with Crippen LogP contribution in [0.25, 0.3) is 5.78 Å². The summed E-state index contributed by atoms with van der Waals surface area (Å²) in [7, 11) is 0. The molecule has 3 rings (SSSR count). The van der Waals surface area contributed by atoms with Crippen LogP contribution in [0.3, 0.4) is 0 Å². The summed E-state index contributed by atoms with van der Waals surface area (Å²) in [5.74, 6) is -3.51. The number of anilines is 1. The summed E-state index contributed by atoms with van der Waals surface area (Å²) in [6.07, 6.45) is -6.33. The lowest BCUT2D eigenvalue weighted by Crippen LogP contribution is -2.17. The van der Waals surface area contributed by atoms with Gasteiger partial charge in [-0.3, -0.25) is 0 Å². The van der Waals surface area contributed by atoms with Gasteiger partial charge in [0.1, 0.15) is 23.6 Å². The van der Waals surface area contributed by atoms with E-state index in [0.29, 0.717) is 5.69 Å². The number of aliphatic hydroxyl groups is 1. The summed E-state index contributed by atoms with van der Waals surface area (Å²) in [4.78, 5) is 7.16. The molecule has 2 aromatic heterocycles. The van der Waals surface area contributed by atoms with Crippen LogP contribution in [-0.4, -0.2) is 31.2 Å². The van der Waals surface area contributed by atoms with Gasteiger partial charge in [-0.1, -0.05) is 6.07 Å². The molecule has 1 aromatic carbocycles. The molecule has 26 heavy (non-hydrogen) atoms. The van der Waals surface area contributed by atoms with Crippen molar-refractivity contribution in [3.05, 3.63) is 53.0 Å². The molecule has 3 aromatic rings. The van der Waals surface area contributed by atoms with Gasteiger partial charge in [-0.05, 0) is 19.1 Å². The van der Waals surface area contributed by atoms with Crippen LogP contribution < -0.4 is 5.32 Å². The number of alkyl halides is 3. The lowest BCUT2D eigenvalue weighted by atomic mass is 10.1. The third-order valence-corrected chi connectivity index (χ3v) is 3.50. The van der Waals surface area contributed by atoms with Crippen LogP contribution >= 0.6 is 0 Å². The Kier molecular flexibility index (Phi) is 4.48. The topological polar surface area (TPSA) is 75.3 Å². The normalized spacial score (nSPS) is 13.2. The van der Waals surface area contributed by atoms with Crippen LogP contribution in [0.1, 0.15) is 23.2 Å². The summed E-state index contributed by atoms with van der Waals surface area (Å²) in [5.41, 5.74) is -0.204. The quantitative estimate of drug-likeness (QED) is 0.688. The number of hydrogen-bond acceptors (Lipinski definition) is 5. The van der Waals surface area contributed by atoms with Crippen LogP contribution in [0.4, 0.5) is 27.8 Å². The molecule has 6 nitrogen and oxygen atoms in total. The Morgan fingerprint density at radius 3 is 2.46 bits per heavy atom. The highest BCUT2D eigenvalue weighted by Crippen LogP contribution is 2.27. The van der Waals surface area contributed by atoms with Gasteiger partial charge in [0.05, 0.1) is 5.56 Å². The number of benzene rings is 1. The largest absolute Gasteiger partial charge is 0.453 e. The number of nitrogens with one attached hydrogen (secondary N) is 1. The van der Waals surface area contributed by atoms with Gasteiger partial charge in [0.2, 0.25) is 0 Å². The maximum atomic E-state index is 13.7. The van der Waals surface area contributed by atoms with E-state index >= 15 is 0 Å². The van der Waals surface area contributed by atoms with E-state index in [0.717, 1.165) is 22.7 Å². The zero-order valence-corrected chi connectivity index (χ0v) is 13.2. The van der Waals surface area contributed by atoms with Crippen LogP contribution in [0.2, 0.25) is 0 Å². The fraction of sp³-hybridized carbons (Fsp3) is 0.267. The minimum atomic E-state index is -4.76. The van der Waals surface area contributed by atoms with Gasteiger partial charge < -0.3 is 10.4 Å². The molecular formula is C15H12F5N5O. The number of aromatic nitrogens is 4. The molecule has 2 heterocycles. The molecule has 0 radical (unpaired) electrons. The fourth-order valence-corrected chi connectivity index (χ4v) is 2.37. The highest BCUT2D eigenvalue weighted by molar-refractivity contribution is 5.45. The van der Waals surface area contributed by atoms with E-state index in [1.165, 1.54) is 13.0 Å². The number of halogens is 5. The highest BCUT2D eigenvalue weighted by Gasteiger charge is 2.36. The van der Waals surface area contributed by atoms with Crippen LogP contribution in [0.15, 0.2) is 24.3 Å². The Morgan fingerprint density at radius 2 is 1.85 bits per heavy atom. The fourth-order valence-electron chi connectivity index (χ4n) is 2.37. The molecule has 0 bridgehead atoms. The van der Waals surface area contributed by atoms with Gasteiger partial charge in [-0.2, -0.15) is 22.7 Å². The third-order valence-electron chi connectivity index (χ3n) is 3.50. The van der Waals surface area contributed by atoms with Crippen LogP contribution in [0, 0.1) is 18.6 Å². The predicted molar refractivity (Wildman–Crippen MR) is 80.3 cm³/mol. The summed E-state index contributed by atoms with van der Waals surface area (Å²) in [6, 6.07) is 4.50. The highest BCUT2D eigenvalue weighted by atomic mass is 19.4. The van der Waals surface area contributed by atoms with E-state index in [-0.39, 0.29) is 18.1 Å². The van der Waals surface area contributed by atoms with E-state index in [2.05, 4.69) is 20.4 Å². The lowest BCUT2D eigenvalue weighted by molar-refractivity contribution is -0.144. The number of hydrogen-bond donors (Lipinski definition) is 2. The Bertz CT molecular complexity index is 935. The second-order valence-electron chi connectivity index (χ2n) is 5.46. The second kappa shape index (κ2) is 6.48. The summed E-state index contributed by atoms with van der Waals surface area (Å²) >= 11 is 0. The number of aliphatic hydroxyl groups excluding tert-OH is 1. The zero-order valence-electron chi connectivity index (χ0n) is 13.2. The molecule has 11 heteroatoms. The molecule has 0 fully saturated rings. The van der Waals surface area contributed by atoms with Gasteiger partial charge in [-0.25, -0.2) is 13.8 Å². The van der Waals surface area contributed by atoms with E-state index in [1.807, 2.05) is 0 Å². The summed E-state index contributed by atoms with van der Waals surface area (Å²) < 4.78 is 66.5. The van der Waals surface area contributed by atoms with Crippen molar-refractivity contribution in [3.63, 3.8) is 0 Å². The first-order valence-corrected chi connectivity index (χ1v) is 7.34. The Labute approximate surface area is 143 Å². The molecule has 1 unspecified atom stereocenters. The average Bonchev–Trinajstić information content (AvgIpc) is 2.96. The minimum absolute atomic E-state index is 0.0336. The molecule has 0 amide bonds. The van der Waals surface area contributed by atoms with Crippen molar-refractivity contribution >= 4 is 11.6 Å². The Hall–Kier alpha value is -2.82. The summed E-state index contributed by atoms with van der Waals surface area (Å²) in [5, 5.41) is 16.0. The summed E-state index contributed by atoms with van der Waals surface area (Å²) in [6.45, 7) is 1.15. The van der Waals surface area contributed by atoms with Gasteiger partial charge in [0, 0.05) is 18.3 Å². The maximum absolute atomic E-state index is 13.7. The molecule has 0 aliphatic rings. The number of aryl methyl sites for hydroxylation is 1. The maximum Gasteiger partial charge on any atom is 0.453 e. The van der Waals surface area contributed by atoms with Gasteiger partial charge in [0.25, 0.3) is 11.6 Å². The van der Waals surface area contributed by atoms with Gasteiger partial charge >= 0.3 is 6.18 Å². The molecule has 0 spiro atoms. The van der Waals surface area contributed by atoms with E-state index in [4.69, 9.17) is 0 Å². The number of fused-ring (bicyclic) bond motifs is 1. The lowest BCUT2D eigenvalue weighted by Gasteiger charge is -2.15. The molecule has 0 saturated carbocycles. The second-order valence-corrected chi connectivity index (χ2v) is 5.46. The van der Waals surface area contributed by atoms with Crippen molar-refractivity contribution in [2.45, 2.75) is 19.2 Å². The van der Waals surface area contributed by atoms with Crippen molar-refractivity contribution in [3.8, 4) is 0 Å². The zero-order chi connectivity index (χ0) is 19.1. The first-order valence-electron chi connectivity index (χ1n) is 7.34. The van der Waals surface area contributed by atoms with Crippen molar-refractivity contribution in [1.82, 2.24) is 19.6 Å². The SMILES string of the molecule is Cc1cc(NCC(O)c2c(F)cccc2F)n2nc(C(F)(F)F)nc2n1. The molecule has 0 aliphatic carbocycles. The minimum Gasteiger partial charge on any atom is -0.386 e. The standard InChI is InChI=1S/C15H12F5N5O/c1-7-5-11(25-14(22-7)23-13(24-25)15(18,19)20)21-6-10(26)12-8(16)3-2-4-9(12)17/h2-5,10,21,26H,6H2,1H3.